The average molecular weight is 226 g/mol. The first-order valence-electron chi connectivity index (χ1n) is 3.78. The zero-order chi connectivity index (χ0) is 10.6. The lowest BCUT2D eigenvalue weighted by molar-refractivity contribution is -0.152. The summed E-state index contributed by atoms with van der Waals surface area (Å²) >= 11 is 0. The number of ether oxygens (including phenoxy) is 2. The van der Waals surface area contributed by atoms with Crippen molar-refractivity contribution in [1.82, 2.24) is 0 Å². The van der Waals surface area contributed by atoms with Crippen LogP contribution in [-0.4, -0.2) is 47.4 Å². The summed E-state index contributed by atoms with van der Waals surface area (Å²) in [6, 6.07) is 0. The van der Waals surface area contributed by atoms with Crippen molar-refractivity contribution in [1.29, 1.82) is 0 Å². The smallest absolute Gasteiger partial charge is 0.400 e. The van der Waals surface area contributed by atoms with E-state index in [0.717, 1.165) is 0 Å². The van der Waals surface area contributed by atoms with Crippen molar-refractivity contribution in [2.75, 3.05) is 26.9 Å². The Morgan fingerprint density at radius 2 is 2.21 bits per heavy atom. The molecule has 0 aromatic heterocycles. The zero-order valence-electron chi connectivity index (χ0n) is 7.46. The molecule has 0 aromatic rings. The van der Waals surface area contributed by atoms with Crippen LogP contribution in [0.2, 0.25) is 0 Å². The average Bonchev–Trinajstić information content (AvgIpc) is 2.46. The molecule has 1 fully saturated rings. The fraction of sp³-hybridized carbons (Fsp3) is 0.833. The molecule has 1 unspecified atom stereocenters. The van der Waals surface area contributed by atoms with Crippen molar-refractivity contribution < 1.29 is 31.1 Å². The van der Waals surface area contributed by atoms with Crippen molar-refractivity contribution in [3.05, 3.63) is 0 Å². The summed E-state index contributed by atoms with van der Waals surface area (Å²) in [6.07, 6.45) is -1.20. The highest BCUT2D eigenvalue weighted by Gasteiger charge is 2.36. The number of carbonyl (C=O) groups excluding carboxylic acids is 1. The van der Waals surface area contributed by atoms with E-state index in [1.807, 2.05) is 0 Å². The molecule has 14 heavy (non-hydrogen) atoms. The fourth-order valence-electron chi connectivity index (χ4n) is 0.769. The second-order valence-corrected chi connectivity index (χ2v) is 3.68. The van der Waals surface area contributed by atoms with Crippen LogP contribution in [0.15, 0.2) is 0 Å². The van der Waals surface area contributed by atoms with Gasteiger partial charge in [-0.1, -0.05) is 0 Å². The Balaban J connectivity index is 2.33. The molecular formula is C6H10O7S. The summed E-state index contributed by atoms with van der Waals surface area (Å²) in [5.74, 6) is -0.775. The van der Waals surface area contributed by atoms with E-state index in [4.69, 9.17) is 0 Å². The lowest BCUT2D eigenvalue weighted by Crippen LogP contribution is -2.26. The summed E-state index contributed by atoms with van der Waals surface area (Å²) in [7, 11) is -2.55. The maximum absolute atomic E-state index is 11.1. The molecule has 0 aromatic carbocycles. The van der Waals surface area contributed by atoms with Crippen LogP contribution in [0.25, 0.3) is 0 Å². The van der Waals surface area contributed by atoms with E-state index in [-0.39, 0.29) is 19.8 Å². The minimum atomic E-state index is -4.00. The Kier molecular flexibility index (Phi) is 3.81. The molecule has 0 aliphatic carbocycles. The highest BCUT2D eigenvalue weighted by atomic mass is 32.3. The van der Waals surface area contributed by atoms with Crippen LogP contribution in [0.4, 0.5) is 0 Å². The predicted octanol–water partition coefficient (Wildman–Crippen LogP) is -1.16. The summed E-state index contributed by atoms with van der Waals surface area (Å²) in [6.45, 7) is -0.0462. The molecule has 0 radical (unpaired) electrons. The van der Waals surface area contributed by atoms with Crippen LogP contribution in [0.1, 0.15) is 0 Å². The van der Waals surface area contributed by atoms with E-state index in [1.54, 1.807) is 0 Å². The minimum Gasteiger partial charge on any atom is -0.461 e. The van der Waals surface area contributed by atoms with E-state index >= 15 is 0 Å². The van der Waals surface area contributed by atoms with E-state index in [1.165, 1.54) is 7.11 Å². The van der Waals surface area contributed by atoms with Crippen LogP contribution < -0.4 is 0 Å². The number of carbonyl (C=O) groups is 1. The summed E-state index contributed by atoms with van der Waals surface area (Å²) in [4.78, 5) is 11.1. The van der Waals surface area contributed by atoms with E-state index < -0.39 is 22.5 Å². The predicted molar refractivity (Wildman–Crippen MR) is 42.6 cm³/mol. The van der Waals surface area contributed by atoms with E-state index in [9.17, 15) is 13.2 Å². The van der Waals surface area contributed by atoms with Gasteiger partial charge in [-0.3, -0.25) is 0 Å². The van der Waals surface area contributed by atoms with Crippen molar-refractivity contribution in [3.63, 3.8) is 0 Å². The Labute approximate surface area is 81.2 Å². The Morgan fingerprint density at radius 1 is 1.50 bits per heavy atom. The molecule has 0 N–H and O–H groups in total. The lowest BCUT2D eigenvalue weighted by Gasteiger charge is -2.05. The molecule has 0 bridgehead atoms. The standard InChI is InChI=1S/C6H10O7S/c1-10-2-3-11-6(7)5-4-12-14(8,9)13-5/h5H,2-4H2,1H3. The molecule has 8 heteroatoms. The monoisotopic (exact) mass is 226 g/mol. The third-order valence-corrected chi connectivity index (χ3v) is 2.29. The maximum Gasteiger partial charge on any atom is 0.400 e. The Bertz CT molecular complexity index is 295. The quantitative estimate of drug-likeness (QED) is 0.441. The van der Waals surface area contributed by atoms with Gasteiger partial charge in [-0.05, 0) is 0 Å². The number of esters is 1. The molecule has 0 spiro atoms. The zero-order valence-corrected chi connectivity index (χ0v) is 8.28. The van der Waals surface area contributed by atoms with Crippen molar-refractivity contribution in [2.45, 2.75) is 6.10 Å². The molecule has 1 saturated heterocycles. The van der Waals surface area contributed by atoms with Crippen LogP contribution in [-0.2, 0) is 33.0 Å². The van der Waals surface area contributed by atoms with Gasteiger partial charge >= 0.3 is 16.4 Å². The van der Waals surface area contributed by atoms with Crippen LogP contribution in [0.3, 0.4) is 0 Å². The van der Waals surface area contributed by atoms with Gasteiger partial charge in [-0.25, -0.2) is 13.2 Å². The molecule has 1 heterocycles. The van der Waals surface area contributed by atoms with E-state index in [2.05, 4.69) is 17.8 Å². The van der Waals surface area contributed by atoms with Gasteiger partial charge in [0.05, 0.1) is 6.61 Å². The molecule has 7 nitrogen and oxygen atoms in total. The van der Waals surface area contributed by atoms with Crippen LogP contribution >= 0.6 is 0 Å². The minimum absolute atomic E-state index is 0.0508. The number of hydrogen-bond donors (Lipinski definition) is 0. The van der Waals surface area contributed by atoms with Crippen LogP contribution in [0.5, 0.6) is 0 Å². The molecule has 1 aliphatic heterocycles. The van der Waals surface area contributed by atoms with Gasteiger partial charge < -0.3 is 9.47 Å². The Hall–Kier alpha value is -0.700. The number of rotatable bonds is 4. The molecular weight excluding hydrogens is 216 g/mol. The van der Waals surface area contributed by atoms with Gasteiger partial charge in [0, 0.05) is 7.11 Å². The first kappa shape index (κ1) is 11.4. The van der Waals surface area contributed by atoms with Gasteiger partial charge in [-0.15, -0.1) is 0 Å². The largest absolute Gasteiger partial charge is 0.461 e. The number of hydrogen-bond acceptors (Lipinski definition) is 7. The topological polar surface area (TPSA) is 88.1 Å². The number of methoxy groups -OCH3 is 1. The van der Waals surface area contributed by atoms with Gasteiger partial charge in [0.1, 0.15) is 13.2 Å². The molecule has 1 aliphatic rings. The van der Waals surface area contributed by atoms with Crippen LogP contribution in [0, 0.1) is 0 Å². The molecule has 82 valence electrons. The normalized spacial score (nSPS) is 24.8. The van der Waals surface area contributed by atoms with Gasteiger partial charge in [-0.2, -0.15) is 8.42 Å². The summed E-state index contributed by atoms with van der Waals surface area (Å²) < 4.78 is 38.9. The second-order valence-electron chi connectivity index (χ2n) is 2.44. The summed E-state index contributed by atoms with van der Waals surface area (Å²) in [5.41, 5.74) is 0. The molecule has 0 saturated carbocycles. The first-order chi connectivity index (χ1) is 6.55. The van der Waals surface area contributed by atoms with Gasteiger partial charge in [0.2, 0.25) is 6.10 Å². The lowest BCUT2D eigenvalue weighted by atomic mass is 10.4. The maximum atomic E-state index is 11.1. The highest BCUT2D eigenvalue weighted by molar-refractivity contribution is 7.82. The molecule has 0 amide bonds. The second kappa shape index (κ2) is 4.69. The van der Waals surface area contributed by atoms with Crippen molar-refractivity contribution in [3.8, 4) is 0 Å². The summed E-state index contributed by atoms with van der Waals surface area (Å²) in [5, 5.41) is 0. The SMILES string of the molecule is COCCOC(=O)C1COS(=O)(=O)O1. The van der Waals surface area contributed by atoms with Crippen molar-refractivity contribution in [2.24, 2.45) is 0 Å². The Morgan fingerprint density at radius 3 is 2.71 bits per heavy atom. The molecule has 1 rings (SSSR count). The van der Waals surface area contributed by atoms with Gasteiger partial charge in [0.25, 0.3) is 0 Å². The highest BCUT2D eigenvalue weighted by Crippen LogP contribution is 2.13. The molecule has 1 atom stereocenters. The van der Waals surface area contributed by atoms with E-state index in [0.29, 0.717) is 0 Å². The van der Waals surface area contributed by atoms with Gasteiger partial charge in [0.15, 0.2) is 0 Å². The fourth-order valence-corrected chi connectivity index (χ4v) is 1.53. The third-order valence-electron chi connectivity index (χ3n) is 1.39. The third kappa shape index (κ3) is 3.22. The first-order valence-corrected chi connectivity index (χ1v) is 5.12. The van der Waals surface area contributed by atoms with Crippen molar-refractivity contribution >= 4 is 16.4 Å².